The summed E-state index contributed by atoms with van der Waals surface area (Å²) in [5.41, 5.74) is 1.98. The van der Waals surface area contributed by atoms with Crippen LogP contribution in [0, 0.1) is 30.1 Å². The van der Waals surface area contributed by atoms with Crippen LogP contribution in [0.2, 0.25) is 0 Å². The van der Waals surface area contributed by atoms with E-state index in [1.165, 1.54) is 6.92 Å². The molecule has 0 fully saturated rings. The second-order valence-electron chi connectivity index (χ2n) is 18.8. The van der Waals surface area contributed by atoms with Gasteiger partial charge in [0.1, 0.15) is 60.1 Å². The molecule has 0 bridgehead atoms. The molecule has 0 radical (unpaired) electrons. The molecule has 0 saturated carbocycles. The Kier molecular flexibility index (Phi) is 13.2. The van der Waals surface area contributed by atoms with Crippen LogP contribution in [0.5, 0.6) is 11.5 Å². The molecule has 0 N–H and O–H groups in total. The van der Waals surface area contributed by atoms with Crippen LogP contribution in [0.3, 0.4) is 0 Å². The van der Waals surface area contributed by atoms with E-state index in [1.54, 1.807) is 57.2 Å². The number of rotatable bonds is 17. The van der Waals surface area contributed by atoms with Gasteiger partial charge in [-0.15, -0.1) is 0 Å². The van der Waals surface area contributed by atoms with Crippen LogP contribution < -0.4 is 9.47 Å². The molecule has 13 heteroatoms. The highest BCUT2D eigenvalue weighted by Crippen LogP contribution is 2.50. The summed E-state index contributed by atoms with van der Waals surface area (Å²) in [7, 11) is 0. The number of hydrogen-bond acceptors (Lipinski definition) is 7. The predicted molar refractivity (Wildman–Crippen MR) is 231 cm³/mol. The highest BCUT2D eigenvalue weighted by Gasteiger charge is 2.72. The van der Waals surface area contributed by atoms with Crippen LogP contribution in [0.1, 0.15) is 66.0 Å². The Morgan fingerprint density at radius 3 is 1.43 bits per heavy atom. The lowest BCUT2D eigenvalue weighted by Crippen LogP contribution is -2.59. The van der Waals surface area contributed by atoms with Gasteiger partial charge in [-0.2, -0.15) is 26.3 Å². The van der Waals surface area contributed by atoms with Crippen molar-refractivity contribution in [1.82, 2.24) is 0 Å². The molecule has 0 spiro atoms. The third-order valence-corrected chi connectivity index (χ3v) is 11.3. The van der Waals surface area contributed by atoms with Crippen molar-refractivity contribution in [2.75, 3.05) is 26.4 Å². The Labute approximate surface area is 363 Å². The SMILES string of the molecule is Cc1ccc(-c2cc3ccc(OCC(COc4ccc5cc(-c6ccc(C)cc6)oc5c4)OCC(F)(F)C(F)(F)C(F)(F)COC(=O)C(C)(CC(C)(C)C)C(C)(C)C)cc3o2)cc1. The molecule has 7 nitrogen and oxygen atoms in total. The number of hydrogen-bond donors (Lipinski definition) is 0. The normalized spacial score (nSPS) is 14.0. The smallest absolute Gasteiger partial charge is 0.377 e. The number of fused-ring (bicyclic) bond motifs is 2. The van der Waals surface area contributed by atoms with Gasteiger partial charge in [0.25, 0.3) is 0 Å². The highest BCUT2D eigenvalue weighted by molar-refractivity contribution is 5.85. The molecule has 0 aliphatic rings. The molecular formula is C50H54F6O7. The zero-order valence-corrected chi connectivity index (χ0v) is 37.0. The van der Waals surface area contributed by atoms with Crippen molar-refractivity contribution in [3.8, 4) is 34.1 Å². The Morgan fingerprint density at radius 2 is 1.02 bits per heavy atom. The Bertz CT molecular complexity index is 2380. The van der Waals surface area contributed by atoms with Crippen LogP contribution in [0.4, 0.5) is 26.3 Å². The fourth-order valence-corrected chi connectivity index (χ4v) is 7.14. The van der Waals surface area contributed by atoms with E-state index in [0.29, 0.717) is 22.7 Å². The van der Waals surface area contributed by atoms with Gasteiger partial charge in [0, 0.05) is 34.0 Å². The topological polar surface area (TPSA) is 80.3 Å². The van der Waals surface area contributed by atoms with E-state index in [2.05, 4.69) is 0 Å². The molecule has 2 aromatic heterocycles. The van der Waals surface area contributed by atoms with Gasteiger partial charge in [0.05, 0.1) is 5.41 Å². The zero-order valence-electron chi connectivity index (χ0n) is 37.0. The minimum Gasteiger partial charge on any atom is -0.491 e. The third-order valence-electron chi connectivity index (χ3n) is 11.3. The molecule has 63 heavy (non-hydrogen) atoms. The first-order valence-corrected chi connectivity index (χ1v) is 20.7. The minimum absolute atomic E-state index is 0.146. The van der Waals surface area contributed by atoms with Gasteiger partial charge in [-0.25, -0.2) is 0 Å². The maximum Gasteiger partial charge on any atom is 0.377 e. The van der Waals surface area contributed by atoms with Crippen molar-refractivity contribution in [3.63, 3.8) is 0 Å². The summed E-state index contributed by atoms with van der Waals surface area (Å²) in [4.78, 5) is 13.3. The molecule has 0 aliphatic carbocycles. The first kappa shape index (κ1) is 47.1. The second kappa shape index (κ2) is 17.6. The maximum absolute atomic E-state index is 15.4. The van der Waals surface area contributed by atoms with Crippen LogP contribution in [-0.2, 0) is 14.3 Å². The Hall–Kier alpha value is -5.43. The van der Waals surface area contributed by atoms with E-state index < -0.39 is 72.5 Å². The number of ether oxygens (including phenoxy) is 4. The van der Waals surface area contributed by atoms with Crippen molar-refractivity contribution in [2.45, 2.75) is 92.6 Å². The Balaban J connectivity index is 1.18. The number of carbonyl (C=O) groups excluding carboxylic acids is 1. The summed E-state index contributed by atoms with van der Waals surface area (Å²) in [6.45, 7) is 10.4. The van der Waals surface area contributed by atoms with E-state index in [9.17, 15) is 4.79 Å². The average molecular weight is 881 g/mol. The maximum atomic E-state index is 15.4. The average Bonchev–Trinajstić information content (AvgIpc) is 3.83. The van der Waals surface area contributed by atoms with Gasteiger partial charge in [0.15, 0.2) is 6.61 Å². The molecule has 0 aliphatic heterocycles. The molecule has 1 unspecified atom stereocenters. The minimum atomic E-state index is -6.01. The zero-order chi connectivity index (χ0) is 46.2. The van der Waals surface area contributed by atoms with Gasteiger partial charge in [-0.1, -0.05) is 101 Å². The summed E-state index contributed by atoms with van der Waals surface area (Å²) in [6, 6.07) is 28.9. The lowest BCUT2D eigenvalue weighted by Gasteiger charge is -2.43. The molecular weight excluding hydrogens is 827 g/mol. The number of aryl methyl sites for hydroxylation is 2. The van der Waals surface area contributed by atoms with Crippen LogP contribution in [0.15, 0.2) is 106 Å². The molecule has 6 rings (SSSR count). The monoisotopic (exact) mass is 880 g/mol. The summed E-state index contributed by atoms with van der Waals surface area (Å²) in [5, 5.41) is 1.50. The number of halogens is 6. The van der Waals surface area contributed by atoms with Crippen molar-refractivity contribution in [1.29, 1.82) is 0 Å². The second-order valence-corrected chi connectivity index (χ2v) is 18.8. The summed E-state index contributed by atoms with van der Waals surface area (Å²) >= 11 is 0. The van der Waals surface area contributed by atoms with Crippen molar-refractivity contribution >= 4 is 27.9 Å². The molecule has 338 valence electrons. The van der Waals surface area contributed by atoms with Gasteiger partial charge in [-0.05, 0) is 74.4 Å². The number of benzene rings is 4. The van der Waals surface area contributed by atoms with Crippen LogP contribution in [-0.4, -0.2) is 56.3 Å². The standard InChI is InChI=1S/C50H54F6O7/c1-31-10-14-33(15-11-31)40-22-35-18-20-37(24-42(35)62-40)58-26-39(27-59-38-21-19-36-23-41(63-43(36)25-38)34-16-12-32(2)13-17-34)60-29-48(51,52)50(55,56)49(53,54)30-61-44(57)47(9,46(6,7)8)28-45(3,4)5/h10-25,39H,26-30H2,1-9H3. The number of carbonyl (C=O) groups is 1. The van der Waals surface area contributed by atoms with E-state index in [0.717, 1.165) is 33.0 Å². The summed E-state index contributed by atoms with van der Waals surface area (Å²) in [6.07, 6.45) is -1.35. The lowest BCUT2D eigenvalue weighted by atomic mass is 9.61. The first-order chi connectivity index (χ1) is 29.3. The van der Waals surface area contributed by atoms with Gasteiger partial charge in [-0.3, -0.25) is 4.79 Å². The van der Waals surface area contributed by atoms with Crippen molar-refractivity contribution < 1.29 is 58.9 Å². The molecule has 0 saturated heterocycles. The fraction of sp³-hybridized carbons (Fsp3) is 0.420. The van der Waals surface area contributed by atoms with E-state index in [1.807, 2.05) is 95.3 Å². The summed E-state index contributed by atoms with van der Waals surface area (Å²) in [5.74, 6) is -16.5. The van der Waals surface area contributed by atoms with Gasteiger partial charge in [0.2, 0.25) is 0 Å². The van der Waals surface area contributed by atoms with Gasteiger partial charge >= 0.3 is 23.7 Å². The lowest BCUT2D eigenvalue weighted by molar-refractivity contribution is -0.330. The number of furan rings is 2. The van der Waals surface area contributed by atoms with E-state index in [4.69, 9.17) is 27.8 Å². The molecule has 0 amide bonds. The fourth-order valence-electron chi connectivity index (χ4n) is 7.14. The highest BCUT2D eigenvalue weighted by atomic mass is 19.3. The van der Waals surface area contributed by atoms with Crippen molar-refractivity contribution in [3.05, 3.63) is 108 Å². The summed E-state index contributed by atoms with van der Waals surface area (Å²) < 4.78 is 126. The molecule has 2 heterocycles. The number of esters is 1. The first-order valence-electron chi connectivity index (χ1n) is 20.7. The Morgan fingerprint density at radius 1 is 0.587 bits per heavy atom. The van der Waals surface area contributed by atoms with Gasteiger partial charge < -0.3 is 27.8 Å². The van der Waals surface area contributed by atoms with E-state index >= 15 is 26.3 Å². The quantitative estimate of drug-likeness (QED) is 0.0667. The van der Waals surface area contributed by atoms with E-state index in [-0.39, 0.29) is 17.9 Å². The van der Waals surface area contributed by atoms with Crippen LogP contribution >= 0.6 is 0 Å². The molecule has 4 aromatic carbocycles. The number of alkyl halides is 6. The largest absolute Gasteiger partial charge is 0.491 e. The molecule has 6 aromatic rings. The van der Waals surface area contributed by atoms with Crippen molar-refractivity contribution in [2.24, 2.45) is 16.2 Å². The predicted octanol–water partition coefficient (Wildman–Crippen LogP) is 13.9. The third kappa shape index (κ3) is 10.7. The molecule has 1 atom stereocenters. The van der Waals surface area contributed by atoms with Crippen LogP contribution in [0.25, 0.3) is 44.6 Å².